The molecule has 0 unspecified atom stereocenters. The number of hydrogen-bond donors (Lipinski definition) is 0. The molecule has 0 aromatic rings. The molecule has 0 amide bonds. The maximum Gasteiger partial charge on any atom is 0.378 e. The van der Waals surface area contributed by atoms with Crippen LogP contribution in [-0.2, 0) is 4.74 Å². The fraction of sp³-hybridized carbons (Fsp3) is 0.714. The summed E-state index contributed by atoms with van der Waals surface area (Å²) in [6.45, 7) is 6.07. The van der Waals surface area contributed by atoms with Gasteiger partial charge in [-0.25, -0.2) is 4.79 Å². The highest BCUT2D eigenvalue weighted by Crippen LogP contribution is 2.23. The summed E-state index contributed by atoms with van der Waals surface area (Å²) in [5, 5.41) is -0.202. The van der Waals surface area contributed by atoms with Gasteiger partial charge in [0.25, 0.3) is 0 Å². The van der Waals surface area contributed by atoms with Crippen LogP contribution >= 0.6 is 21.6 Å². The van der Waals surface area contributed by atoms with Crippen molar-refractivity contribution < 1.29 is 9.53 Å². The summed E-state index contributed by atoms with van der Waals surface area (Å²) in [5.41, 5.74) is 0. The van der Waals surface area contributed by atoms with Gasteiger partial charge in [0, 0.05) is 16.5 Å². The lowest BCUT2D eigenvalue weighted by Crippen LogP contribution is -1.96. The number of carbonyl (C=O) groups excluding carboxylic acids is 1. The Morgan fingerprint density at radius 2 is 2.36 bits per heavy atom. The van der Waals surface area contributed by atoms with Crippen molar-refractivity contribution in [3.8, 4) is 0 Å². The molecule has 2 nitrogen and oxygen atoms in total. The van der Waals surface area contributed by atoms with Crippen molar-refractivity contribution in [1.29, 1.82) is 0 Å². The van der Waals surface area contributed by atoms with E-state index in [1.807, 2.05) is 0 Å². The average molecular weight is 193 g/mol. The van der Waals surface area contributed by atoms with E-state index in [-0.39, 0.29) is 5.30 Å². The molecule has 0 bridgehead atoms. The molecule has 0 atom stereocenters. The second-order valence-electron chi connectivity index (χ2n) is 1.86. The molecule has 11 heavy (non-hydrogen) atoms. The van der Waals surface area contributed by atoms with Gasteiger partial charge in [-0.15, -0.1) is 0 Å². The maximum atomic E-state index is 10.8. The van der Waals surface area contributed by atoms with Crippen molar-refractivity contribution in [3.05, 3.63) is 6.92 Å². The summed E-state index contributed by atoms with van der Waals surface area (Å²) >= 11 is 0. The van der Waals surface area contributed by atoms with Crippen LogP contribution in [-0.4, -0.2) is 17.7 Å². The quantitative estimate of drug-likeness (QED) is 0.380. The van der Waals surface area contributed by atoms with Crippen LogP contribution in [0, 0.1) is 6.92 Å². The Hall–Kier alpha value is 0.170. The van der Waals surface area contributed by atoms with E-state index >= 15 is 0 Å². The Bertz CT molecular complexity index is 107. The Kier molecular flexibility index (Phi) is 8.40. The van der Waals surface area contributed by atoms with Crippen molar-refractivity contribution in [1.82, 2.24) is 0 Å². The lowest BCUT2D eigenvalue weighted by Gasteiger charge is -1.99. The number of hydrogen-bond acceptors (Lipinski definition) is 4. The molecule has 0 aliphatic heterocycles. The third-order valence-corrected chi connectivity index (χ3v) is 2.99. The fourth-order valence-electron chi connectivity index (χ4n) is 0.353. The second kappa shape index (κ2) is 8.27. The van der Waals surface area contributed by atoms with Crippen LogP contribution in [0.25, 0.3) is 0 Å². The summed E-state index contributed by atoms with van der Waals surface area (Å²) in [7, 11) is 2.70. The largest absolute Gasteiger partial charge is 0.457 e. The zero-order valence-corrected chi connectivity index (χ0v) is 8.30. The van der Waals surface area contributed by atoms with E-state index in [2.05, 4.69) is 13.8 Å². The minimum Gasteiger partial charge on any atom is -0.457 e. The normalized spacial score (nSPS) is 9.64. The van der Waals surface area contributed by atoms with Gasteiger partial charge >= 0.3 is 5.30 Å². The monoisotopic (exact) mass is 193 g/mol. The minimum absolute atomic E-state index is 0.202. The van der Waals surface area contributed by atoms with Crippen molar-refractivity contribution in [3.63, 3.8) is 0 Å². The summed E-state index contributed by atoms with van der Waals surface area (Å²) in [5.74, 6) is 0.990. The molecule has 0 aliphatic rings. The number of ether oxygens (including phenoxy) is 1. The lowest BCUT2D eigenvalue weighted by atomic mass is 10.5. The highest BCUT2D eigenvalue weighted by molar-refractivity contribution is 8.82. The Labute approximate surface area is 75.9 Å². The summed E-state index contributed by atoms with van der Waals surface area (Å²) < 4.78 is 4.78. The highest BCUT2D eigenvalue weighted by Gasteiger charge is 2.01. The number of carbonyl (C=O) groups is 1. The van der Waals surface area contributed by atoms with Crippen molar-refractivity contribution in [2.75, 3.05) is 12.4 Å². The third-order valence-electron chi connectivity index (χ3n) is 0.779. The van der Waals surface area contributed by atoms with E-state index in [0.29, 0.717) is 13.0 Å². The molecule has 0 saturated carbocycles. The van der Waals surface area contributed by atoms with Gasteiger partial charge in [0.05, 0.1) is 6.61 Å². The van der Waals surface area contributed by atoms with Crippen molar-refractivity contribution in [2.45, 2.75) is 19.8 Å². The van der Waals surface area contributed by atoms with Gasteiger partial charge < -0.3 is 4.74 Å². The topological polar surface area (TPSA) is 26.3 Å². The second-order valence-corrected chi connectivity index (χ2v) is 4.21. The first-order valence-electron chi connectivity index (χ1n) is 3.56. The predicted molar refractivity (Wildman–Crippen MR) is 51.7 cm³/mol. The van der Waals surface area contributed by atoms with Crippen LogP contribution in [0.4, 0.5) is 4.79 Å². The predicted octanol–water partition coefficient (Wildman–Crippen LogP) is 3.14. The first-order valence-corrected chi connectivity index (χ1v) is 5.88. The molecule has 0 fully saturated rings. The van der Waals surface area contributed by atoms with Crippen molar-refractivity contribution >= 4 is 26.9 Å². The van der Waals surface area contributed by atoms with Gasteiger partial charge in [0.15, 0.2) is 0 Å². The van der Waals surface area contributed by atoms with Gasteiger partial charge in [-0.05, 0) is 19.8 Å². The van der Waals surface area contributed by atoms with E-state index in [0.717, 1.165) is 12.2 Å². The molecule has 0 heterocycles. The molecule has 1 radical (unpaired) electrons. The van der Waals surface area contributed by atoms with Crippen LogP contribution in [0.1, 0.15) is 19.8 Å². The lowest BCUT2D eigenvalue weighted by molar-refractivity contribution is 0.177. The Morgan fingerprint density at radius 1 is 1.64 bits per heavy atom. The molecule has 0 aromatic carbocycles. The smallest absolute Gasteiger partial charge is 0.378 e. The molecular weight excluding hydrogens is 180 g/mol. The zero-order valence-electron chi connectivity index (χ0n) is 6.67. The SMILES string of the molecule is [CH2]CCOC(=O)SSCCC. The van der Waals surface area contributed by atoms with Gasteiger partial charge in [-0.3, -0.25) is 0 Å². The summed E-state index contributed by atoms with van der Waals surface area (Å²) in [6, 6.07) is 0. The third kappa shape index (κ3) is 8.07. The van der Waals surface area contributed by atoms with Gasteiger partial charge in [-0.2, -0.15) is 0 Å². The van der Waals surface area contributed by atoms with Crippen molar-refractivity contribution in [2.24, 2.45) is 0 Å². The molecule has 0 aromatic heterocycles. The fourth-order valence-corrected chi connectivity index (χ4v) is 2.01. The standard InChI is InChI=1S/C7H13O2S2/c1-3-5-9-7(8)11-10-6-4-2/h1,3-6H2,2H3. The first kappa shape index (κ1) is 11.2. The molecular formula is C7H13O2S2. The van der Waals surface area contributed by atoms with Crippen LogP contribution in [0.3, 0.4) is 0 Å². The molecule has 65 valence electrons. The van der Waals surface area contributed by atoms with Gasteiger partial charge in [0.1, 0.15) is 0 Å². The summed E-state index contributed by atoms with van der Waals surface area (Å²) in [6.07, 6.45) is 1.73. The van der Waals surface area contributed by atoms with E-state index < -0.39 is 0 Å². The van der Waals surface area contributed by atoms with Crippen LogP contribution in [0.15, 0.2) is 0 Å². The average Bonchev–Trinajstić information content (AvgIpc) is 2.01. The first-order chi connectivity index (χ1) is 5.31. The Balaban J connectivity index is 3.09. The minimum atomic E-state index is -0.202. The molecule has 0 spiro atoms. The molecule has 4 heteroatoms. The Morgan fingerprint density at radius 3 is 2.91 bits per heavy atom. The van der Waals surface area contributed by atoms with Gasteiger partial charge in [0.2, 0.25) is 0 Å². The van der Waals surface area contributed by atoms with E-state index in [9.17, 15) is 4.79 Å². The molecule has 0 rings (SSSR count). The molecule has 0 aliphatic carbocycles. The number of rotatable bonds is 5. The summed E-state index contributed by atoms with van der Waals surface area (Å²) in [4.78, 5) is 10.8. The molecule has 0 N–H and O–H groups in total. The van der Waals surface area contributed by atoms with Crippen LogP contribution in [0.2, 0.25) is 0 Å². The van der Waals surface area contributed by atoms with E-state index in [4.69, 9.17) is 4.74 Å². The van der Waals surface area contributed by atoms with Crippen LogP contribution in [0.5, 0.6) is 0 Å². The van der Waals surface area contributed by atoms with Gasteiger partial charge in [-0.1, -0.05) is 17.7 Å². The van der Waals surface area contributed by atoms with Crippen LogP contribution < -0.4 is 0 Å². The zero-order chi connectivity index (χ0) is 8.53. The molecule has 0 saturated heterocycles. The van der Waals surface area contributed by atoms with E-state index in [1.165, 1.54) is 21.6 Å². The maximum absolute atomic E-state index is 10.8. The van der Waals surface area contributed by atoms with E-state index in [1.54, 1.807) is 0 Å². The highest BCUT2D eigenvalue weighted by atomic mass is 33.1.